The van der Waals surface area contributed by atoms with Crippen LogP contribution in [0.3, 0.4) is 0 Å². The second-order valence-electron chi connectivity index (χ2n) is 9.10. The molecule has 2 heterocycles. The Hall–Kier alpha value is -2.84. The number of halogens is 3. The number of thiophene rings is 1. The number of benzene rings is 2. The number of hydrogen-bond donors (Lipinski definition) is 0. The molecular weight excluding hydrogens is 473 g/mol. The van der Waals surface area contributed by atoms with Crippen LogP contribution in [-0.2, 0) is 19.3 Å². The van der Waals surface area contributed by atoms with Gasteiger partial charge in [0.05, 0.1) is 10.4 Å². The maximum atomic E-state index is 13.0. The summed E-state index contributed by atoms with van der Waals surface area (Å²) in [6.45, 7) is 9.29. The normalized spacial score (nSPS) is 14.9. The molecule has 0 aliphatic carbocycles. The monoisotopic (exact) mass is 502 g/mol. The van der Waals surface area contributed by atoms with Gasteiger partial charge in [-0.05, 0) is 55.0 Å². The van der Waals surface area contributed by atoms with Gasteiger partial charge in [0.2, 0.25) is 0 Å². The molecule has 0 spiro atoms. The number of hydrogen-bond acceptors (Lipinski definition) is 4. The Balaban J connectivity index is 1.30. The van der Waals surface area contributed by atoms with E-state index in [1.165, 1.54) is 29.0 Å². The van der Waals surface area contributed by atoms with Crippen molar-refractivity contribution in [3.05, 3.63) is 86.1 Å². The molecule has 0 radical (unpaired) electrons. The van der Waals surface area contributed by atoms with Gasteiger partial charge in [-0.2, -0.15) is 13.2 Å². The van der Waals surface area contributed by atoms with E-state index in [1.807, 2.05) is 30.2 Å². The molecule has 4 nitrogen and oxygen atoms in total. The van der Waals surface area contributed by atoms with Crippen molar-refractivity contribution in [2.24, 2.45) is 0 Å². The number of rotatable bonds is 6. The SMILES string of the molecule is Cc1cc(C)c(OCc2csc(C(=O)N3CCN(Cc4cccc(C(F)(F)F)c4)CC3)c2)c(C)c1. The van der Waals surface area contributed by atoms with Gasteiger partial charge in [-0.25, -0.2) is 0 Å². The van der Waals surface area contributed by atoms with E-state index in [4.69, 9.17) is 4.74 Å². The van der Waals surface area contributed by atoms with Crippen LogP contribution in [0.25, 0.3) is 0 Å². The van der Waals surface area contributed by atoms with Gasteiger partial charge in [-0.15, -0.1) is 11.3 Å². The highest BCUT2D eigenvalue weighted by Crippen LogP contribution is 2.30. The average molecular weight is 503 g/mol. The molecule has 1 fully saturated rings. The van der Waals surface area contributed by atoms with Crippen molar-refractivity contribution >= 4 is 17.2 Å². The van der Waals surface area contributed by atoms with Crippen molar-refractivity contribution < 1.29 is 22.7 Å². The molecule has 0 N–H and O–H groups in total. The fraction of sp³-hybridized carbons (Fsp3) is 0.370. The second kappa shape index (κ2) is 10.4. The molecule has 1 aromatic heterocycles. The molecule has 35 heavy (non-hydrogen) atoms. The number of aryl methyl sites for hydroxylation is 3. The summed E-state index contributed by atoms with van der Waals surface area (Å²) in [7, 11) is 0. The lowest BCUT2D eigenvalue weighted by Crippen LogP contribution is -2.48. The predicted molar refractivity (Wildman–Crippen MR) is 132 cm³/mol. The minimum Gasteiger partial charge on any atom is -0.488 e. The highest BCUT2D eigenvalue weighted by molar-refractivity contribution is 7.12. The third kappa shape index (κ3) is 6.24. The number of nitrogens with zero attached hydrogens (tertiary/aromatic N) is 2. The van der Waals surface area contributed by atoms with Gasteiger partial charge in [-0.3, -0.25) is 9.69 Å². The van der Waals surface area contributed by atoms with E-state index in [2.05, 4.69) is 24.0 Å². The van der Waals surface area contributed by atoms with Gasteiger partial charge >= 0.3 is 6.18 Å². The van der Waals surface area contributed by atoms with Crippen LogP contribution in [0.5, 0.6) is 5.75 Å². The number of ether oxygens (including phenoxy) is 1. The first-order valence-electron chi connectivity index (χ1n) is 11.6. The van der Waals surface area contributed by atoms with Crippen LogP contribution in [-0.4, -0.2) is 41.9 Å². The van der Waals surface area contributed by atoms with Crippen molar-refractivity contribution in [1.29, 1.82) is 0 Å². The minimum atomic E-state index is -4.34. The third-order valence-corrected chi connectivity index (χ3v) is 7.14. The van der Waals surface area contributed by atoms with Crippen LogP contribution in [0.4, 0.5) is 13.2 Å². The molecule has 0 bridgehead atoms. The summed E-state index contributed by atoms with van der Waals surface area (Å²) >= 11 is 1.41. The highest BCUT2D eigenvalue weighted by Gasteiger charge is 2.30. The molecule has 2 aromatic carbocycles. The molecule has 1 saturated heterocycles. The second-order valence-corrected chi connectivity index (χ2v) is 10.0. The molecule has 0 atom stereocenters. The summed E-state index contributed by atoms with van der Waals surface area (Å²) in [5.74, 6) is 0.870. The molecular formula is C27H29F3N2O2S. The maximum Gasteiger partial charge on any atom is 0.416 e. The van der Waals surface area contributed by atoms with Crippen molar-refractivity contribution in [2.45, 2.75) is 40.1 Å². The van der Waals surface area contributed by atoms with Crippen LogP contribution >= 0.6 is 11.3 Å². The van der Waals surface area contributed by atoms with Gasteiger partial charge in [-0.1, -0.05) is 35.9 Å². The van der Waals surface area contributed by atoms with E-state index in [-0.39, 0.29) is 5.91 Å². The summed E-state index contributed by atoms with van der Waals surface area (Å²) in [6, 6.07) is 11.5. The molecule has 8 heteroatoms. The van der Waals surface area contributed by atoms with Crippen LogP contribution < -0.4 is 4.74 Å². The highest BCUT2D eigenvalue weighted by atomic mass is 32.1. The number of amides is 1. The molecule has 0 saturated carbocycles. The van der Waals surface area contributed by atoms with Crippen LogP contribution in [0.15, 0.2) is 47.8 Å². The Morgan fingerprint density at radius 3 is 2.31 bits per heavy atom. The van der Waals surface area contributed by atoms with Gasteiger partial charge in [0.25, 0.3) is 5.91 Å². The fourth-order valence-electron chi connectivity index (χ4n) is 4.48. The molecule has 1 amide bonds. The summed E-state index contributed by atoms with van der Waals surface area (Å²) in [5.41, 5.74) is 4.34. The van der Waals surface area contributed by atoms with E-state index in [1.54, 1.807) is 6.07 Å². The lowest BCUT2D eigenvalue weighted by molar-refractivity contribution is -0.137. The first-order chi connectivity index (χ1) is 16.6. The maximum absolute atomic E-state index is 13.0. The van der Waals surface area contributed by atoms with Crippen LogP contribution in [0, 0.1) is 20.8 Å². The Morgan fingerprint density at radius 1 is 0.971 bits per heavy atom. The van der Waals surface area contributed by atoms with E-state index < -0.39 is 11.7 Å². The van der Waals surface area contributed by atoms with Crippen molar-refractivity contribution in [3.63, 3.8) is 0 Å². The topological polar surface area (TPSA) is 32.8 Å². The van der Waals surface area contributed by atoms with Crippen LogP contribution in [0.1, 0.15) is 43.1 Å². The zero-order chi connectivity index (χ0) is 25.2. The summed E-state index contributed by atoms with van der Waals surface area (Å²) in [4.78, 5) is 17.6. The molecule has 186 valence electrons. The van der Waals surface area contributed by atoms with E-state index >= 15 is 0 Å². The van der Waals surface area contributed by atoms with E-state index in [9.17, 15) is 18.0 Å². The lowest BCUT2D eigenvalue weighted by atomic mass is 10.1. The first-order valence-corrected chi connectivity index (χ1v) is 12.4. The van der Waals surface area contributed by atoms with Gasteiger partial charge in [0.15, 0.2) is 0 Å². The molecule has 3 aromatic rings. The first kappa shape index (κ1) is 25.3. The largest absolute Gasteiger partial charge is 0.488 e. The molecule has 1 aliphatic rings. The summed E-state index contributed by atoms with van der Waals surface area (Å²) in [5, 5.41) is 1.95. The lowest BCUT2D eigenvalue weighted by Gasteiger charge is -2.34. The average Bonchev–Trinajstić information content (AvgIpc) is 3.27. The van der Waals surface area contributed by atoms with Crippen LogP contribution in [0.2, 0.25) is 0 Å². The third-order valence-electron chi connectivity index (χ3n) is 6.17. The Bertz CT molecular complexity index is 1170. The number of piperazine rings is 1. The zero-order valence-corrected chi connectivity index (χ0v) is 20.9. The smallest absolute Gasteiger partial charge is 0.416 e. The standard InChI is InChI=1S/C27H29F3N2O2S/c1-18-11-19(2)25(20(3)12-18)34-16-22-14-24(35-17-22)26(33)32-9-7-31(8-10-32)15-21-5-4-6-23(13-21)27(28,29)30/h4-6,11-14,17H,7-10,15-16H2,1-3H3. The van der Waals surface area contributed by atoms with Crippen molar-refractivity contribution in [2.75, 3.05) is 26.2 Å². The van der Waals surface area contributed by atoms with Crippen molar-refractivity contribution in [3.8, 4) is 5.75 Å². The fourth-order valence-corrected chi connectivity index (χ4v) is 5.35. The number of carbonyl (C=O) groups excluding carboxylic acids is 1. The Kier molecular flexibility index (Phi) is 7.52. The van der Waals surface area contributed by atoms with E-state index in [0.717, 1.165) is 28.5 Å². The predicted octanol–water partition coefficient (Wildman–Crippen LogP) is 6.23. The summed E-state index contributed by atoms with van der Waals surface area (Å²) in [6.07, 6.45) is -4.34. The van der Waals surface area contributed by atoms with Gasteiger partial charge < -0.3 is 9.64 Å². The van der Waals surface area contributed by atoms with Gasteiger partial charge in [0.1, 0.15) is 12.4 Å². The molecule has 4 rings (SSSR count). The zero-order valence-electron chi connectivity index (χ0n) is 20.1. The quantitative estimate of drug-likeness (QED) is 0.401. The summed E-state index contributed by atoms with van der Waals surface area (Å²) < 4.78 is 45.0. The van der Waals surface area contributed by atoms with E-state index in [0.29, 0.717) is 49.8 Å². The Labute approximate surface area is 207 Å². The number of carbonyl (C=O) groups is 1. The Morgan fingerprint density at radius 2 is 1.66 bits per heavy atom. The van der Waals surface area contributed by atoms with Crippen molar-refractivity contribution in [1.82, 2.24) is 9.80 Å². The molecule has 1 aliphatic heterocycles. The van der Waals surface area contributed by atoms with Gasteiger partial charge in [0, 0.05) is 38.3 Å². The minimum absolute atomic E-state index is 0.0114. The number of alkyl halides is 3. The molecule has 0 unspecified atom stereocenters.